The molecule has 1 heterocycles. The fourth-order valence-corrected chi connectivity index (χ4v) is 2.04. The number of rotatable bonds is 6. The van der Waals surface area contributed by atoms with E-state index in [0.29, 0.717) is 22.8 Å². The van der Waals surface area contributed by atoms with Gasteiger partial charge in [-0.3, -0.25) is 0 Å². The van der Waals surface area contributed by atoms with Crippen LogP contribution in [0.3, 0.4) is 0 Å². The van der Waals surface area contributed by atoms with Gasteiger partial charge in [-0.25, -0.2) is 0 Å². The Morgan fingerprint density at radius 3 is 2.36 bits per heavy atom. The molecule has 2 aromatic carbocycles. The van der Waals surface area contributed by atoms with Crippen molar-refractivity contribution in [2.75, 3.05) is 0 Å². The van der Waals surface area contributed by atoms with E-state index in [1.54, 1.807) is 36.4 Å². The second-order valence-corrected chi connectivity index (χ2v) is 4.80. The van der Waals surface area contributed by atoms with Crippen molar-refractivity contribution in [1.82, 2.24) is 20.2 Å². The van der Waals surface area contributed by atoms with Gasteiger partial charge in [0.05, 0.1) is 17.3 Å². The lowest BCUT2D eigenvalue weighted by atomic mass is 10.2. The summed E-state index contributed by atoms with van der Waals surface area (Å²) < 4.78 is 35.7. The summed E-state index contributed by atoms with van der Waals surface area (Å²) in [5.74, 6) is 1.03. The molecule has 0 saturated carbocycles. The van der Waals surface area contributed by atoms with Crippen LogP contribution in [-0.2, 0) is 6.61 Å². The molecule has 0 saturated heterocycles. The van der Waals surface area contributed by atoms with Crippen LogP contribution in [0.5, 0.6) is 11.5 Å². The molecule has 0 radical (unpaired) electrons. The number of alkyl halides is 2. The predicted molar refractivity (Wildman–Crippen MR) is 81.3 cm³/mol. The molecule has 0 spiro atoms. The summed E-state index contributed by atoms with van der Waals surface area (Å²) in [6.07, 6.45) is 0. The first-order valence-electron chi connectivity index (χ1n) is 7.11. The summed E-state index contributed by atoms with van der Waals surface area (Å²) >= 11 is 0. The Hall–Kier alpha value is -3.54. The highest BCUT2D eigenvalue weighted by Gasteiger charge is 2.10. The van der Waals surface area contributed by atoms with Gasteiger partial charge in [-0.05, 0) is 59.0 Å². The number of hydrogen-bond donors (Lipinski definition) is 0. The molecular formula is C16H11F2N5O2. The fourth-order valence-electron chi connectivity index (χ4n) is 2.04. The smallest absolute Gasteiger partial charge is 0.387 e. The van der Waals surface area contributed by atoms with Crippen molar-refractivity contribution in [3.8, 4) is 23.3 Å². The van der Waals surface area contributed by atoms with Crippen LogP contribution in [0.25, 0.3) is 5.69 Å². The molecule has 0 amide bonds. The van der Waals surface area contributed by atoms with E-state index in [9.17, 15) is 8.78 Å². The molecule has 0 aliphatic carbocycles. The second kappa shape index (κ2) is 7.35. The van der Waals surface area contributed by atoms with Crippen LogP contribution in [0, 0.1) is 11.3 Å². The van der Waals surface area contributed by atoms with Gasteiger partial charge >= 0.3 is 6.61 Å². The lowest BCUT2D eigenvalue weighted by Gasteiger charge is -2.08. The highest BCUT2D eigenvalue weighted by molar-refractivity contribution is 5.37. The Morgan fingerprint density at radius 2 is 1.72 bits per heavy atom. The van der Waals surface area contributed by atoms with Crippen LogP contribution in [0.4, 0.5) is 8.78 Å². The molecule has 126 valence electrons. The summed E-state index contributed by atoms with van der Waals surface area (Å²) in [6, 6.07) is 14.5. The lowest BCUT2D eigenvalue weighted by Crippen LogP contribution is -2.07. The van der Waals surface area contributed by atoms with Crippen LogP contribution >= 0.6 is 0 Å². The SMILES string of the molecule is N#Cc1ccc(OCc2nnnn2-c2ccc(OC(F)F)cc2)cc1. The molecule has 0 bridgehead atoms. The first-order valence-corrected chi connectivity index (χ1v) is 7.11. The van der Waals surface area contributed by atoms with Crippen molar-refractivity contribution in [3.63, 3.8) is 0 Å². The summed E-state index contributed by atoms with van der Waals surface area (Å²) in [5, 5.41) is 20.1. The Morgan fingerprint density at radius 1 is 1.04 bits per heavy atom. The minimum absolute atomic E-state index is 0.0437. The van der Waals surface area contributed by atoms with Crippen molar-refractivity contribution in [2.24, 2.45) is 0 Å². The quantitative estimate of drug-likeness (QED) is 0.684. The lowest BCUT2D eigenvalue weighted by molar-refractivity contribution is -0.0498. The number of benzene rings is 2. The summed E-state index contributed by atoms with van der Waals surface area (Å²) in [5.41, 5.74) is 1.10. The van der Waals surface area contributed by atoms with Gasteiger partial charge < -0.3 is 9.47 Å². The van der Waals surface area contributed by atoms with Crippen molar-refractivity contribution in [2.45, 2.75) is 13.2 Å². The van der Waals surface area contributed by atoms with E-state index < -0.39 is 6.61 Å². The molecule has 9 heteroatoms. The van der Waals surface area contributed by atoms with Crippen molar-refractivity contribution >= 4 is 0 Å². The maximum absolute atomic E-state index is 12.2. The Balaban J connectivity index is 1.70. The zero-order valence-electron chi connectivity index (χ0n) is 12.7. The predicted octanol–water partition coefficient (Wildman–Crippen LogP) is 2.71. The summed E-state index contributed by atoms with van der Waals surface area (Å²) in [4.78, 5) is 0. The van der Waals surface area contributed by atoms with Crippen molar-refractivity contribution in [1.29, 1.82) is 5.26 Å². The molecule has 0 fully saturated rings. The van der Waals surface area contributed by atoms with E-state index in [1.807, 2.05) is 6.07 Å². The number of nitriles is 1. The van der Waals surface area contributed by atoms with E-state index in [0.717, 1.165) is 0 Å². The van der Waals surface area contributed by atoms with Crippen LogP contribution in [0.1, 0.15) is 11.4 Å². The molecule has 1 aromatic heterocycles. The van der Waals surface area contributed by atoms with Gasteiger partial charge in [-0.15, -0.1) is 5.10 Å². The van der Waals surface area contributed by atoms with Crippen LogP contribution < -0.4 is 9.47 Å². The third-order valence-corrected chi connectivity index (χ3v) is 3.19. The Bertz CT molecular complexity index is 873. The maximum atomic E-state index is 12.2. The van der Waals surface area contributed by atoms with E-state index in [-0.39, 0.29) is 12.4 Å². The van der Waals surface area contributed by atoms with Gasteiger partial charge in [0.2, 0.25) is 0 Å². The number of ether oxygens (including phenoxy) is 2. The first kappa shape index (κ1) is 16.3. The van der Waals surface area contributed by atoms with Gasteiger partial charge in [-0.2, -0.15) is 18.7 Å². The average Bonchev–Trinajstić information content (AvgIpc) is 3.09. The van der Waals surface area contributed by atoms with Gasteiger partial charge in [-0.1, -0.05) is 0 Å². The van der Waals surface area contributed by atoms with Gasteiger partial charge in [0, 0.05) is 0 Å². The van der Waals surface area contributed by atoms with Gasteiger partial charge in [0.1, 0.15) is 18.1 Å². The molecule has 7 nitrogen and oxygen atoms in total. The second-order valence-electron chi connectivity index (χ2n) is 4.80. The van der Waals surface area contributed by atoms with Crippen molar-refractivity contribution < 1.29 is 18.3 Å². The zero-order chi connectivity index (χ0) is 17.6. The zero-order valence-corrected chi connectivity index (χ0v) is 12.7. The highest BCUT2D eigenvalue weighted by Crippen LogP contribution is 2.18. The molecule has 3 rings (SSSR count). The van der Waals surface area contributed by atoms with Crippen LogP contribution in [0.2, 0.25) is 0 Å². The van der Waals surface area contributed by atoms with Crippen LogP contribution in [0.15, 0.2) is 48.5 Å². The molecule has 25 heavy (non-hydrogen) atoms. The minimum Gasteiger partial charge on any atom is -0.486 e. The summed E-state index contributed by atoms with van der Waals surface area (Å²) in [7, 11) is 0. The van der Waals surface area contributed by atoms with E-state index in [4.69, 9.17) is 10.00 Å². The number of nitrogens with zero attached hydrogens (tertiary/aromatic N) is 5. The molecule has 0 unspecified atom stereocenters. The van der Waals surface area contributed by atoms with Crippen molar-refractivity contribution in [3.05, 3.63) is 59.9 Å². The standard InChI is InChI=1S/C16H11F2N5O2/c17-16(18)25-14-7-3-12(4-8-14)23-15(20-21-22-23)10-24-13-5-1-11(9-19)2-6-13/h1-8,16H,10H2. The van der Waals surface area contributed by atoms with Crippen LogP contribution in [-0.4, -0.2) is 26.8 Å². The topological polar surface area (TPSA) is 85.9 Å². The number of hydrogen-bond acceptors (Lipinski definition) is 6. The summed E-state index contributed by atoms with van der Waals surface area (Å²) in [6.45, 7) is -2.79. The Kier molecular flexibility index (Phi) is 4.80. The molecular weight excluding hydrogens is 332 g/mol. The third kappa shape index (κ3) is 4.06. The normalized spacial score (nSPS) is 10.5. The van der Waals surface area contributed by atoms with E-state index in [2.05, 4.69) is 20.3 Å². The molecule has 0 atom stereocenters. The molecule has 0 aliphatic rings. The average molecular weight is 343 g/mol. The molecule has 0 N–H and O–H groups in total. The van der Waals surface area contributed by atoms with Gasteiger partial charge in [0.25, 0.3) is 0 Å². The molecule has 3 aromatic rings. The monoisotopic (exact) mass is 343 g/mol. The fraction of sp³-hybridized carbons (Fsp3) is 0.125. The van der Waals surface area contributed by atoms with E-state index in [1.165, 1.54) is 16.8 Å². The number of tetrazole rings is 1. The minimum atomic E-state index is -2.88. The largest absolute Gasteiger partial charge is 0.486 e. The van der Waals surface area contributed by atoms with E-state index >= 15 is 0 Å². The Labute approximate surface area is 141 Å². The van der Waals surface area contributed by atoms with Gasteiger partial charge in [0.15, 0.2) is 5.82 Å². The number of halogens is 2. The maximum Gasteiger partial charge on any atom is 0.387 e. The highest BCUT2D eigenvalue weighted by atomic mass is 19.3. The molecule has 0 aliphatic heterocycles. The number of aromatic nitrogens is 4. The first-order chi connectivity index (χ1) is 12.2. The third-order valence-electron chi connectivity index (χ3n) is 3.19.